The van der Waals surface area contributed by atoms with Crippen LogP contribution in [-0.2, 0) is 20.7 Å². The monoisotopic (exact) mass is 392 g/mol. The Balaban J connectivity index is 1.58. The zero-order valence-corrected chi connectivity index (χ0v) is 16.2. The first-order valence-corrected chi connectivity index (χ1v) is 10.1. The summed E-state index contributed by atoms with van der Waals surface area (Å²) in [5.41, 5.74) is 0.818. The number of carbonyl (C=O) groups is 2. The molecule has 154 valence electrons. The van der Waals surface area contributed by atoms with Crippen molar-refractivity contribution in [3.63, 3.8) is 0 Å². The molecule has 0 spiro atoms. The van der Waals surface area contributed by atoms with E-state index in [0.29, 0.717) is 51.6 Å². The minimum Gasteiger partial charge on any atom is -0.481 e. The molecule has 7 heteroatoms. The fourth-order valence-electron chi connectivity index (χ4n) is 4.33. The predicted molar refractivity (Wildman–Crippen MR) is 102 cm³/mol. The normalized spacial score (nSPS) is 23.5. The summed E-state index contributed by atoms with van der Waals surface area (Å²) >= 11 is 0. The van der Waals surface area contributed by atoms with E-state index in [4.69, 9.17) is 9.84 Å². The van der Waals surface area contributed by atoms with Crippen LogP contribution < -0.4 is 0 Å². The third-order valence-electron chi connectivity index (χ3n) is 5.81. The van der Waals surface area contributed by atoms with Crippen LogP contribution in [0.15, 0.2) is 24.3 Å². The van der Waals surface area contributed by atoms with Gasteiger partial charge in [-0.2, -0.15) is 0 Å². The van der Waals surface area contributed by atoms with Gasteiger partial charge in [0.05, 0.1) is 13.2 Å². The zero-order chi connectivity index (χ0) is 19.9. The number of morpholine rings is 1. The average molecular weight is 392 g/mol. The van der Waals surface area contributed by atoms with E-state index in [2.05, 4.69) is 4.90 Å². The summed E-state index contributed by atoms with van der Waals surface area (Å²) in [7, 11) is 0. The number of piperidine rings is 1. The van der Waals surface area contributed by atoms with E-state index in [-0.39, 0.29) is 24.1 Å². The summed E-state index contributed by atoms with van der Waals surface area (Å²) in [5.74, 6) is -0.869. The van der Waals surface area contributed by atoms with E-state index in [1.807, 2.05) is 11.0 Å². The van der Waals surface area contributed by atoms with Gasteiger partial charge in [0.1, 0.15) is 5.82 Å². The van der Waals surface area contributed by atoms with E-state index in [1.165, 1.54) is 12.1 Å². The SMILES string of the molecule is O=C(O)CC[C@@H]1CN(C(=O)CCc2cccc(F)c2)CC[C@@H]1N1CCOCC1. The molecule has 1 aromatic rings. The van der Waals surface area contributed by atoms with E-state index in [1.54, 1.807) is 6.07 Å². The number of likely N-dealkylation sites (tertiary alicyclic amines) is 1. The molecule has 1 amide bonds. The van der Waals surface area contributed by atoms with Crippen molar-refractivity contribution in [3.05, 3.63) is 35.6 Å². The molecular weight excluding hydrogens is 363 g/mol. The molecule has 2 atom stereocenters. The fourth-order valence-corrected chi connectivity index (χ4v) is 4.33. The third kappa shape index (κ3) is 5.75. The molecule has 3 rings (SSSR count). The van der Waals surface area contributed by atoms with Gasteiger partial charge >= 0.3 is 5.97 Å². The Labute approximate surface area is 165 Å². The first kappa shape index (κ1) is 20.7. The van der Waals surface area contributed by atoms with Crippen molar-refractivity contribution in [2.24, 2.45) is 5.92 Å². The van der Waals surface area contributed by atoms with Crippen molar-refractivity contribution < 1.29 is 23.8 Å². The fraction of sp³-hybridized carbons (Fsp3) is 0.619. The zero-order valence-electron chi connectivity index (χ0n) is 16.2. The van der Waals surface area contributed by atoms with Gasteiger partial charge in [0.2, 0.25) is 5.91 Å². The van der Waals surface area contributed by atoms with Crippen LogP contribution in [0.2, 0.25) is 0 Å². The number of carbonyl (C=O) groups excluding carboxylic acids is 1. The summed E-state index contributed by atoms with van der Waals surface area (Å²) in [6.07, 6.45) is 2.41. The number of benzene rings is 1. The number of hydrogen-bond acceptors (Lipinski definition) is 4. The van der Waals surface area contributed by atoms with E-state index < -0.39 is 5.97 Å². The highest BCUT2D eigenvalue weighted by Crippen LogP contribution is 2.27. The van der Waals surface area contributed by atoms with Crippen molar-refractivity contribution in [3.8, 4) is 0 Å². The maximum atomic E-state index is 13.3. The molecule has 2 aliphatic rings. The smallest absolute Gasteiger partial charge is 0.303 e. The second-order valence-corrected chi connectivity index (χ2v) is 7.67. The number of rotatable bonds is 7. The number of halogens is 1. The minimum atomic E-state index is -0.796. The van der Waals surface area contributed by atoms with Crippen LogP contribution >= 0.6 is 0 Å². The van der Waals surface area contributed by atoms with Gasteiger partial charge in [-0.25, -0.2) is 4.39 Å². The van der Waals surface area contributed by atoms with E-state index in [9.17, 15) is 14.0 Å². The first-order valence-electron chi connectivity index (χ1n) is 10.1. The number of amides is 1. The molecule has 2 fully saturated rings. The lowest BCUT2D eigenvalue weighted by Crippen LogP contribution is -2.55. The lowest BCUT2D eigenvalue weighted by Gasteiger charge is -2.45. The van der Waals surface area contributed by atoms with E-state index in [0.717, 1.165) is 25.1 Å². The molecule has 2 saturated heterocycles. The van der Waals surface area contributed by atoms with Crippen LogP contribution in [0.4, 0.5) is 4.39 Å². The van der Waals surface area contributed by atoms with Crippen LogP contribution in [0, 0.1) is 11.7 Å². The first-order chi connectivity index (χ1) is 13.5. The largest absolute Gasteiger partial charge is 0.481 e. The van der Waals surface area contributed by atoms with Gasteiger partial charge in [-0.3, -0.25) is 14.5 Å². The summed E-state index contributed by atoms with van der Waals surface area (Å²) < 4.78 is 18.7. The number of hydrogen-bond donors (Lipinski definition) is 1. The second-order valence-electron chi connectivity index (χ2n) is 7.67. The quantitative estimate of drug-likeness (QED) is 0.770. The number of nitrogens with zero attached hydrogens (tertiary/aromatic N) is 2. The van der Waals surface area contributed by atoms with Gasteiger partial charge in [0.15, 0.2) is 0 Å². The Bertz CT molecular complexity index is 678. The third-order valence-corrected chi connectivity index (χ3v) is 5.81. The van der Waals surface area contributed by atoms with Crippen LogP contribution in [0.3, 0.4) is 0 Å². The highest BCUT2D eigenvalue weighted by molar-refractivity contribution is 5.76. The lowest BCUT2D eigenvalue weighted by molar-refractivity contribution is -0.138. The molecule has 0 aromatic heterocycles. The van der Waals surface area contributed by atoms with Gasteiger partial charge < -0.3 is 14.7 Å². The Morgan fingerprint density at radius 3 is 2.68 bits per heavy atom. The Morgan fingerprint density at radius 1 is 1.18 bits per heavy atom. The topological polar surface area (TPSA) is 70.1 Å². The Kier molecular flexibility index (Phi) is 7.39. The van der Waals surface area contributed by atoms with Gasteiger partial charge in [-0.15, -0.1) is 0 Å². The van der Waals surface area contributed by atoms with Crippen molar-refractivity contribution in [2.45, 2.75) is 38.1 Å². The van der Waals surface area contributed by atoms with Crippen molar-refractivity contribution in [2.75, 3.05) is 39.4 Å². The van der Waals surface area contributed by atoms with E-state index >= 15 is 0 Å². The number of carboxylic acids is 1. The number of ether oxygens (including phenoxy) is 1. The molecule has 1 N–H and O–H groups in total. The standard InChI is InChI=1S/C21H29FN2O4/c22-18-3-1-2-16(14-18)4-6-20(25)24-9-8-19(23-10-12-28-13-11-23)17(15-24)5-7-21(26)27/h1-3,14,17,19H,4-13,15H2,(H,26,27)/t17-,19+/m1/s1. The van der Waals surface area contributed by atoms with Crippen LogP contribution in [0.1, 0.15) is 31.2 Å². The van der Waals surface area contributed by atoms with Gasteiger partial charge in [0.25, 0.3) is 0 Å². The lowest BCUT2D eigenvalue weighted by atomic mass is 9.86. The second kappa shape index (κ2) is 9.98. The highest BCUT2D eigenvalue weighted by atomic mass is 19.1. The van der Waals surface area contributed by atoms with Crippen molar-refractivity contribution in [1.29, 1.82) is 0 Å². The molecule has 6 nitrogen and oxygen atoms in total. The summed E-state index contributed by atoms with van der Waals surface area (Å²) in [6, 6.07) is 6.65. The average Bonchev–Trinajstić information content (AvgIpc) is 2.71. The van der Waals surface area contributed by atoms with Crippen molar-refractivity contribution >= 4 is 11.9 Å². The molecular formula is C21H29FN2O4. The van der Waals surface area contributed by atoms with Gasteiger partial charge in [0, 0.05) is 45.1 Å². The number of aliphatic carboxylic acids is 1. The molecule has 2 heterocycles. The van der Waals surface area contributed by atoms with Crippen LogP contribution in [-0.4, -0.2) is 72.2 Å². The Hall–Kier alpha value is -1.99. The predicted octanol–water partition coefficient (Wildman–Crippen LogP) is 2.17. The molecule has 0 aliphatic carbocycles. The molecule has 0 bridgehead atoms. The Morgan fingerprint density at radius 2 is 1.96 bits per heavy atom. The number of aryl methyl sites for hydroxylation is 1. The summed E-state index contributed by atoms with van der Waals surface area (Å²) in [6.45, 7) is 4.42. The molecule has 2 aliphatic heterocycles. The van der Waals surface area contributed by atoms with Crippen LogP contribution in [0.5, 0.6) is 0 Å². The van der Waals surface area contributed by atoms with Gasteiger partial charge in [-0.05, 0) is 42.9 Å². The molecule has 1 aromatic carbocycles. The maximum absolute atomic E-state index is 13.3. The minimum absolute atomic E-state index is 0.0602. The highest BCUT2D eigenvalue weighted by Gasteiger charge is 2.35. The maximum Gasteiger partial charge on any atom is 0.303 e. The number of carboxylic acid groups (broad SMARTS) is 1. The summed E-state index contributed by atoms with van der Waals surface area (Å²) in [4.78, 5) is 28.0. The molecule has 0 unspecified atom stereocenters. The molecule has 0 radical (unpaired) electrons. The molecule has 28 heavy (non-hydrogen) atoms. The van der Waals surface area contributed by atoms with Gasteiger partial charge in [-0.1, -0.05) is 12.1 Å². The van der Waals surface area contributed by atoms with Crippen LogP contribution in [0.25, 0.3) is 0 Å². The molecule has 0 saturated carbocycles. The summed E-state index contributed by atoms with van der Waals surface area (Å²) in [5, 5.41) is 9.10. The van der Waals surface area contributed by atoms with Crippen molar-refractivity contribution in [1.82, 2.24) is 9.80 Å².